The lowest BCUT2D eigenvalue weighted by Gasteiger charge is -2.11. The van der Waals surface area contributed by atoms with Gasteiger partial charge in [-0.2, -0.15) is 0 Å². The number of nitrogens with zero attached hydrogens (tertiary/aromatic N) is 2. The fourth-order valence-electron chi connectivity index (χ4n) is 3.50. The molecule has 0 spiro atoms. The smallest absolute Gasteiger partial charge is 0.206 e. The zero-order valence-electron chi connectivity index (χ0n) is 15.1. The average molecular weight is 409 g/mol. The molecule has 0 amide bonds. The van der Waals surface area contributed by atoms with Gasteiger partial charge >= 0.3 is 0 Å². The molecule has 2 aromatic heterocycles. The molecule has 0 fully saturated rings. The predicted octanol–water partition coefficient (Wildman–Crippen LogP) is 4.71. The number of sulfone groups is 1. The van der Waals surface area contributed by atoms with Crippen LogP contribution in [-0.4, -0.2) is 25.5 Å². The third-order valence-electron chi connectivity index (χ3n) is 4.91. The van der Waals surface area contributed by atoms with Gasteiger partial charge < -0.3 is 10.1 Å². The van der Waals surface area contributed by atoms with Crippen LogP contribution >= 0.6 is 11.3 Å². The molecule has 0 radical (unpaired) electrons. The molecular weight excluding hydrogens is 394 g/mol. The lowest BCUT2D eigenvalue weighted by atomic mass is 10.1. The summed E-state index contributed by atoms with van der Waals surface area (Å²) in [6, 6.07) is 11.2. The van der Waals surface area contributed by atoms with E-state index in [1.165, 1.54) is 7.11 Å². The number of thiazole rings is 1. The second-order valence-corrected chi connectivity index (χ2v) is 9.42. The molecule has 140 valence electrons. The van der Waals surface area contributed by atoms with Crippen LogP contribution in [0.25, 0.3) is 26.9 Å². The molecule has 0 atom stereocenters. The van der Waals surface area contributed by atoms with Gasteiger partial charge in [0.15, 0.2) is 0 Å². The van der Waals surface area contributed by atoms with Gasteiger partial charge in [0.05, 0.1) is 38.2 Å². The van der Waals surface area contributed by atoms with Crippen LogP contribution in [0.5, 0.6) is 0 Å². The van der Waals surface area contributed by atoms with E-state index < -0.39 is 9.84 Å². The fourth-order valence-corrected chi connectivity index (χ4v) is 5.64. The number of rotatable bonds is 3. The number of fused-ring (bicyclic) bond motifs is 3. The molecule has 0 aliphatic carbocycles. The molecule has 2 aromatic carbocycles. The quantitative estimate of drug-likeness (QED) is 0.528. The van der Waals surface area contributed by atoms with E-state index in [-0.39, 0.29) is 9.80 Å². The molecule has 5 rings (SSSR count). The van der Waals surface area contributed by atoms with E-state index in [2.05, 4.69) is 15.3 Å². The van der Waals surface area contributed by atoms with Crippen LogP contribution in [0.2, 0.25) is 0 Å². The molecule has 0 saturated heterocycles. The number of aromatic nitrogens is 2. The van der Waals surface area contributed by atoms with Gasteiger partial charge in [-0.1, -0.05) is 0 Å². The van der Waals surface area contributed by atoms with Gasteiger partial charge in [-0.05, 0) is 43.3 Å². The highest BCUT2D eigenvalue weighted by Crippen LogP contribution is 2.42. The van der Waals surface area contributed by atoms with E-state index in [0.29, 0.717) is 16.8 Å². The third-order valence-corrected chi connectivity index (χ3v) is 7.63. The topological polar surface area (TPSA) is 81.2 Å². The zero-order valence-corrected chi connectivity index (χ0v) is 16.7. The highest BCUT2D eigenvalue weighted by atomic mass is 32.2. The molecule has 6 nitrogen and oxygen atoms in total. The summed E-state index contributed by atoms with van der Waals surface area (Å²) in [5, 5.41) is 4.10. The third kappa shape index (κ3) is 2.42. The van der Waals surface area contributed by atoms with Crippen LogP contribution in [-0.2, 0) is 14.6 Å². The number of ether oxygens (including phenoxy) is 1. The maximum Gasteiger partial charge on any atom is 0.206 e. The van der Waals surface area contributed by atoms with Gasteiger partial charge in [-0.25, -0.2) is 13.4 Å². The SMILES string of the molecule is COC1=C(C)S(=O)(=O)c2cc3c(Nc4ccc5scnc5c4)ccnc3cc21. The molecule has 0 bridgehead atoms. The van der Waals surface area contributed by atoms with Crippen molar-refractivity contribution in [3.05, 3.63) is 58.6 Å². The minimum absolute atomic E-state index is 0.226. The summed E-state index contributed by atoms with van der Waals surface area (Å²) in [5.41, 5.74) is 5.63. The molecule has 1 aliphatic rings. The summed E-state index contributed by atoms with van der Waals surface area (Å²) < 4.78 is 32.1. The first-order valence-electron chi connectivity index (χ1n) is 8.52. The number of anilines is 2. The van der Waals surface area contributed by atoms with Gasteiger partial charge in [0, 0.05) is 28.5 Å². The van der Waals surface area contributed by atoms with Crippen molar-refractivity contribution >= 4 is 59.4 Å². The Bertz CT molecular complexity index is 1410. The van der Waals surface area contributed by atoms with E-state index in [4.69, 9.17) is 4.74 Å². The summed E-state index contributed by atoms with van der Waals surface area (Å²) in [6.45, 7) is 1.56. The summed E-state index contributed by atoms with van der Waals surface area (Å²) in [6.07, 6.45) is 1.70. The molecular formula is C20H15N3O3S2. The zero-order chi connectivity index (χ0) is 19.5. The number of nitrogens with one attached hydrogen (secondary N) is 1. The minimum Gasteiger partial charge on any atom is -0.495 e. The van der Waals surface area contributed by atoms with Gasteiger partial charge in [0.25, 0.3) is 0 Å². The normalized spacial score (nSPS) is 15.2. The maximum atomic E-state index is 12.8. The fraction of sp³-hybridized carbons (Fsp3) is 0.100. The van der Waals surface area contributed by atoms with Crippen LogP contribution in [0, 0.1) is 0 Å². The van der Waals surface area contributed by atoms with Crippen molar-refractivity contribution < 1.29 is 13.2 Å². The van der Waals surface area contributed by atoms with Crippen LogP contribution in [0.3, 0.4) is 0 Å². The number of methoxy groups -OCH3 is 1. The van der Waals surface area contributed by atoms with Crippen LogP contribution < -0.4 is 5.32 Å². The summed E-state index contributed by atoms with van der Waals surface area (Å²) in [4.78, 5) is 9.24. The Kier molecular flexibility index (Phi) is 3.68. The molecule has 28 heavy (non-hydrogen) atoms. The monoisotopic (exact) mass is 409 g/mol. The molecule has 3 heterocycles. The Labute approximate surface area is 165 Å². The summed E-state index contributed by atoms with van der Waals surface area (Å²) >= 11 is 1.59. The number of pyridine rings is 1. The Morgan fingerprint density at radius 1 is 1.07 bits per heavy atom. The van der Waals surface area contributed by atoms with Gasteiger partial charge in [0.2, 0.25) is 9.84 Å². The highest BCUT2D eigenvalue weighted by Gasteiger charge is 2.34. The lowest BCUT2D eigenvalue weighted by molar-refractivity contribution is 0.368. The predicted molar refractivity (Wildman–Crippen MR) is 111 cm³/mol. The van der Waals surface area contributed by atoms with Crippen molar-refractivity contribution in [1.29, 1.82) is 0 Å². The molecule has 1 N–H and O–H groups in total. The van der Waals surface area contributed by atoms with Crippen molar-refractivity contribution in [1.82, 2.24) is 9.97 Å². The van der Waals surface area contributed by atoms with Crippen LogP contribution in [0.4, 0.5) is 11.4 Å². The van der Waals surface area contributed by atoms with E-state index in [1.54, 1.807) is 36.6 Å². The highest BCUT2D eigenvalue weighted by molar-refractivity contribution is 7.95. The summed E-state index contributed by atoms with van der Waals surface area (Å²) in [5.74, 6) is 0.381. The molecule has 1 aliphatic heterocycles. The lowest BCUT2D eigenvalue weighted by Crippen LogP contribution is -1.99. The molecule has 8 heteroatoms. The first kappa shape index (κ1) is 17.2. The van der Waals surface area contributed by atoms with E-state index in [0.717, 1.165) is 27.0 Å². The maximum absolute atomic E-state index is 12.8. The number of allylic oxidation sites excluding steroid dienone is 1. The Hall–Kier alpha value is -2.97. The first-order chi connectivity index (χ1) is 13.5. The van der Waals surface area contributed by atoms with Gasteiger partial charge in [-0.3, -0.25) is 4.98 Å². The molecule has 0 saturated carbocycles. The van der Waals surface area contributed by atoms with Crippen molar-refractivity contribution in [2.45, 2.75) is 11.8 Å². The number of hydrogen-bond donors (Lipinski definition) is 1. The number of hydrogen-bond acceptors (Lipinski definition) is 7. The molecule has 0 unspecified atom stereocenters. The summed E-state index contributed by atoms with van der Waals surface area (Å²) in [7, 11) is -2.08. The molecule has 4 aromatic rings. The number of benzene rings is 2. The van der Waals surface area contributed by atoms with Crippen molar-refractivity contribution in [3.8, 4) is 0 Å². The largest absolute Gasteiger partial charge is 0.495 e. The minimum atomic E-state index is -3.56. The van der Waals surface area contributed by atoms with Crippen molar-refractivity contribution in [3.63, 3.8) is 0 Å². The van der Waals surface area contributed by atoms with E-state index in [1.807, 2.05) is 29.8 Å². The van der Waals surface area contributed by atoms with Crippen LogP contribution in [0.1, 0.15) is 12.5 Å². The Morgan fingerprint density at radius 3 is 2.75 bits per heavy atom. The van der Waals surface area contributed by atoms with Gasteiger partial charge in [0.1, 0.15) is 5.76 Å². The second kappa shape index (κ2) is 6.02. The Balaban J connectivity index is 1.67. The first-order valence-corrected chi connectivity index (χ1v) is 10.9. The Morgan fingerprint density at radius 2 is 1.93 bits per heavy atom. The van der Waals surface area contributed by atoms with Crippen molar-refractivity contribution in [2.75, 3.05) is 12.4 Å². The standard InChI is InChI=1S/C20H15N3O3S2/c1-11-20(26-2)14-8-16-13(9-19(14)28(11,24)25)15(5-6-21-16)23-12-3-4-18-17(7-12)22-10-27-18/h3-10H,1-2H3,(H,21,23). The second-order valence-electron chi connectivity index (χ2n) is 6.48. The van der Waals surface area contributed by atoms with Crippen molar-refractivity contribution in [2.24, 2.45) is 0 Å². The van der Waals surface area contributed by atoms with Gasteiger partial charge in [-0.15, -0.1) is 11.3 Å². The van der Waals surface area contributed by atoms with E-state index >= 15 is 0 Å². The average Bonchev–Trinajstić information content (AvgIpc) is 3.22. The van der Waals surface area contributed by atoms with E-state index in [9.17, 15) is 8.42 Å². The van der Waals surface area contributed by atoms with Crippen LogP contribution in [0.15, 0.2) is 57.9 Å².